The van der Waals surface area contributed by atoms with Crippen molar-refractivity contribution in [2.45, 2.75) is 44.7 Å². The van der Waals surface area contributed by atoms with Gasteiger partial charge in [-0.1, -0.05) is 69.3 Å². The minimum absolute atomic E-state index is 0.0741. The van der Waals surface area contributed by atoms with Crippen LogP contribution < -0.4 is 14.4 Å². The zero-order valence-electron chi connectivity index (χ0n) is 22.9. The standard InChI is InChI=1S/C30H37N3O5S/c1-5-28(30(35)31-20-23(2)3)32(21-24-16-18-26(38-4)19-17-24)29(34)22-33(25-12-8-6-9-13-25)39(36,37)27-14-10-7-11-15-27/h6-19,23,28H,5,20-22H2,1-4H3,(H,31,35). The summed E-state index contributed by atoms with van der Waals surface area (Å²) in [4.78, 5) is 28.8. The molecule has 208 valence electrons. The normalized spacial score (nSPS) is 12.0. The van der Waals surface area contributed by atoms with Crippen molar-refractivity contribution in [1.29, 1.82) is 0 Å². The number of carbonyl (C=O) groups is 2. The number of ether oxygens (including phenoxy) is 1. The molecule has 0 aromatic heterocycles. The first-order chi connectivity index (χ1) is 18.7. The number of benzene rings is 3. The van der Waals surface area contributed by atoms with Gasteiger partial charge in [0, 0.05) is 13.1 Å². The maximum Gasteiger partial charge on any atom is 0.264 e. The SMILES string of the molecule is CCC(C(=O)NCC(C)C)N(Cc1ccc(OC)cc1)C(=O)CN(c1ccccc1)S(=O)(=O)c1ccccc1. The van der Waals surface area contributed by atoms with Gasteiger partial charge in [0.05, 0.1) is 17.7 Å². The van der Waals surface area contributed by atoms with Crippen LogP contribution in [0, 0.1) is 5.92 Å². The number of nitrogens with zero attached hydrogens (tertiary/aromatic N) is 2. The van der Waals surface area contributed by atoms with E-state index in [4.69, 9.17) is 4.74 Å². The van der Waals surface area contributed by atoms with Gasteiger partial charge in [-0.2, -0.15) is 0 Å². The van der Waals surface area contributed by atoms with Crippen LogP contribution in [0.5, 0.6) is 5.75 Å². The van der Waals surface area contributed by atoms with E-state index in [1.807, 2.05) is 32.9 Å². The van der Waals surface area contributed by atoms with E-state index in [0.29, 0.717) is 24.4 Å². The van der Waals surface area contributed by atoms with Crippen LogP contribution in [0.15, 0.2) is 89.8 Å². The molecule has 0 bridgehead atoms. The van der Waals surface area contributed by atoms with Gasteiger partial charge in [0.1, 0.15) is 18.3 Å². The molecule has 0 radical (unpaired) electrons. The molecule has 3 rings (SSSR count). The van der Waals surface area contributed by atoms with Crippen molar-refractivity contribution in [3.8, 4) is 5.75 Å². The fraction of sp³-hybridized carbons (Fsp3) is 0.333. The number of para-hydroxylation sites is 1. The number of hydrogen-bond acceptors (Lipinski definition) is 5. The highest BCUT2D eigenvalue weighted by Crippen LogP contribution is 2.25. The molecule has 39 heavy (non-hydrogen) atoms. The molecule has 8 nitrogen and oxygen atoms in total. The van der Waals surface area contributed by atoms with Gasteiger partial charge in [-0.15, -0.1) is 0 Å². The first-order valence-corrected chi connectivity index (χ1v) is 14.4. The number of carbonyl (C=O) groups excluding carboxylic acids is 2. The van der Waals surface area contributed by atoms with E-state index < -0.39 is 28.5 Å². The van der Waals surface area contributed by atoms with Crippen molar-refractivity contribution in [2.24, 2.45) is 5.92 Å². The van der Waals surface area contributed by atoms with Crippen molar-refractivity contribution in [3.63, 3.8) is 0 Å². The van der Waals surface area contributed by atoms with E-state index in [9.17, 15) is 18.0 Å². The minimum atomic E-state index is -4.07. The number of anilines is 1. The van der Waals surface area contributed by atoms with Crippen LogP contribution in [0.1, 0.15) is 32.8 Å². The Hall–Kier alpha value is -3.85. The van der Waals surface area contributed by atoms with Crippen LogP contribution in [0.25, 0.3) is 0 Å². The summed E-state index contributed by atoms with van der Waals surface area (Å²) in [6.07, 6.45) is 0.364. The van der Waals surface area contributed by atoms with Gasteiger partial charge in [-0.25, -0.2) is 8.42 Å². The highest BCUT2D eigenvalue weighted by Gasteiger charge is 2.33. The van der Waals surface area contributed by atoms with Crippen molar-refractivity contribution >= 4 is 27.5 Å². The largest absolute Gasteiger partial charge is 0.497 e. The number of methoxy groups -OCH3 is 1. The second-order valence-corrected chi connectivity index (χ2v) is 11.5. The predicted molar refractivity (Wildman–Crippen MR) is 153 cm³/mol. The van der Waals surface area contributed by atoms with Crippen LogP contribution in [-0.4, -0.2) is 51.4 Å². The summed E-state index contributed by atoms with van der Waals surface area (Å²) in [6.45, 7) is 5.96. The maximum atomic E-state index is 14.0. The Morgan fingerprint density at radius 3 is 2.03 bits per heavy atom. The molecular formula is C30H37N3O5S. The number of nitrogens with one attached hydrogen (secondary N) is 1. The molecule has 2 amide bonds. The van der Waals surface area contributed by atoms with Crippen molar-refractivity contribution in [1.82, 2.24) is 10.2 Å². The molecule has 0 spiro atoms. The van der Waals surface area contributed by atoms with Crippen LogP contribution in [0.4, 0.5) is 5.69 Å². The highest BCUT2D eigenvalue weighted by atomic mass is 32.2. The number of amides is 2. The Labute approximate surface area is 231 Å². The van der Waals surface area contributed by atoms with Crippen molar-refractivity contribution < 1.29 is 22.7 Å². The first kappa shape index (κ1) is 29.7. The molecule has 1 N–H and O–H groups in total. The van der Waals surface area contributed by atoms with Gasteiger partial charge in [0.2, 0.25) is 11.8 Å². The quantitative estimate of drug-likeness (QED) is 0.338. The summed E-state index contributed by atoms with van der Waals surface area (Å²) in [6, 6.07) is 23.0. The molecule has 0 fully saturated rings. The summed E-state index contributed by atoms with van der Waals surface area (Å²) in [5.41, 5.74) is 1.15. The van der Waals surface area contributed by atoms with E-state index in [0.717, 1.165) is 9.87 Å². The lowest BCUT2D eigenvalue weighted by Crippen LogP contribution is -2.52. The van der Waals surface area contributed by atoms with Gasteiger partial charge < -0.3 is 15.0 Å². The van der Waals surface area contributed by atoms with E-state index in [1.54, 1.807) is 67.8 Å². The molecule has 0 aliphatic heterocycles. The molecule has 0 saturated heterocycles. The number of rotatable bonds is 13. The summed E-state index contributed by atoms with van der Waals surface area (Å²) < 4.78 is 33.8. The van der Waals surface area contributed by atoms with Gasteiger partial charge in [-0.05, 0) is 54.3 Å². The van der Waals surface area contributed by atoms with E-state index in [2.05, 4.69) is 5.32 Å². The fourth-order valence-corrected chi connectivity index (χ4v) is 5.55. The summed E-state index contributed by atoms with van der Waals surface area (Å²) >= 11 is 0. The van der Waals surface area contributed by atoms with Gasteiger partial charge >= 0.3 is 0 Å². The molecule has 1 unspecified atom stereocenters. The monoisotopic (exact) mass is 551 g/mol. The molecule has 0 heterocycles. The van der Waals surface area contributed by atoms with Crippen molar-refractivity contribution in [2.75, 3.05) is 24.5 Å². The van der Waals surface area contributed by atoms with E-state index >= 15 is 0 Å². The Morgan fingerprint density at radius 2 is 1.49 bits per heavy atom. The van der Waals surface area contributed by atoms with E-state index in [-0.39, 0.29) is 23.3 Å². The zero-order chi connectivity index (χ0) is 28.4. The highest BCUT2D eigenvalue weighted by molar-refractivity contribution is 7.92. The van der Waals surface area contributed by atoms with Crippen LogP contribution >= 0.6 is 0 Å². The van der Waals surface area contributed by atoms with Gasteiger partial charge in [-0.3, -0.25) is 13.9 Å². The number of hydrogen-bond donors (Lipinski definition) is 1. The number of sulfonamides is 1. The Morgan fingerprint density at radius 1 is 0.897 bits per heavy atom. The topological polar surface area (TPSA) is 96.0 Å². The van der Waals surface area contributed by atoms with Gasteiger partial charge in [0.25, 0.3) is 10.0 Å². The summed E-state index contributed by atoms with van der Waals surface area (Å²) in [7, 11) is -2.50. The second-order valence-electron chi connectivity index (χ2n) is 9.59. The molecule has 0 aliphatic carbocycles. The van der Waals surface area contributed by atoms with Gasteiger partial charge in [0.15, 0.2) is 0 Å². The lowest BCUT2D eigenvalue weighted by molar-refractivity contribution is -0.140. The zero-order valence-corrected chi connectivity index (χ0v) is 23.7. The molecule has 1 atom stereocenters. The molecule has 3 aromatic carbocycles. The average Bonchev–Trinajstić information content (AvgIpc) is 2.95. The molecular weight excluding hydrogens is 514 g/mol. The Bertz CT molecular complexity index is 1310. The average molecular weight is 552 g/mol. The predicted octanol–water partition coefficient (Wildman–Crippen LogP) is 4.47. The first-order valence-electron chi connectivity index (χ1n) is 13.0. The van der Waals surface area contributed by atoms with Crippen LogP contribution in [0.3, 0.4) is 0 Å². The van der Waals surface area contributed by atoms with Crippen LogP contribution in [0.2, 0.25) is 0 Å². The Kier molecular flexibility index (Phi) is 10.5. The second kappa shape index (κ2) is 13.8. The Balaban J connectivity index is 2.00. The third kappa shape index (κ3) is 7.83. The third-order valence-corrected chi connectivity index (χ3v) is 8.02. The third-order valence-electron chi connectivity index (χ3n) is 6.24. The van der Waals surface area contributed by atoms with Crippen molar-refractivity contribution in [3.05, 3.63) is 90.5 Å². The summed E-state index contributed by atoms with van der Waals surface area (Å²) in [5.74, 6) is 0.148. The lowest BCUT2D eigenvalue weighted by atomic mass is 10.1. The maximum absolute atomic E-state index is 14.0. The fourth-order valence-electron chi connectivity index (χ4n) is 4.11. The molecule has 0 saturated carbocycles. The molecule has 3 aromatic rings. The van der Waals surface area contributed by atoms with E-state index in [1.165, 1.54) is 17.0 Å². The molecule has 0 aliphatic rings. The molecule has 9 heteroatoms. The lowest BCUT2D eigenvalue weighted by Gasteiger charge is -2.33. The summed E-state index contributed by atoms with van der Waals surface area (Å²) in [5, 5.41) is 2.93. The van der Waals surface area contributed by atoms with Crippen LogP contribution in [-0.2, 0) is 26.2 Å². The smallest absolute Gasteiger partial charge is 0.264 e. The minimum Gasteiger partial charge on any atom is -0.497 e.